The van der Waals surface area contributed by atoms with Crippen LogP contribution in [-0.4, -0.2) is 28.8 Å². The van der Waals surface area contributed by atoms with Gasteiger partial charge in [-0.1, -0.05) is 41.9 Å². The first-order chi connectivity index (χ1) is 16.8. The number of pyridine rings is 1. The molecule has 4 aromatic rings. The number of hydrogen-bond acceptors (Lipinski definition) is 5. The molecule has 2 aromatic heterocycles. The molecule has 0 aliphatic heterocycles. The number of aromatic nitrogens is 1. The molecule has 2 aromatic carbocycles. The van der Waals surface area contributed by atoms with Gasteiger partial charge >= 0.3 is 0 Å². The standard InChI is InChI=1S/C25H19ClF2N4O2S/c26-18-6-2-3-7-19(18)31-22-20(32-24(34)17-13-35-21-8-4-1-5-16(17)21)9-14(12-29-22)23(33)30-15-10-25(27,28)11-15/h1-9,12-13,15H,10-11H2,(H,29,31)(H,30,33)(H,32,34). The Hall–Kier alpha value is -3.56. The largest absolute Gasteiger partial charge is 0.349 e. The number of nitrogens with one attached hydrogen (secondary N) is 3. The van der Waals surface area contributed by atoms with Crippen LogP contribution in [0, 0.1) is 0 Å². The molecule has 1 aliphatic rings. The third kappa shape index (κ3) is 4.96. The number of fused-ring (bicyclic) bond motifs is 1. The number of benzene rings is 2. The van der Waals surface area contributed by atoms with Crippen LogP contribution in [0.2, 0.25) is 5.02 Å². The first kappa shape index (κ1) is 23.2. The lowest BCUT2D eigenvalue weighted by atomic mass is 9.88. The maximum absolute atomic E-state index is 13.2. The molecule has 3 N–H and O–H groups in total. The van der Waals surface area contributed by atoms with Crippen LogP contribution in [0.4, 0.5) is 26.0 Å². The lowest BCUT2D eigenvalue weighted by Gasteiger charge is -2.35. The first-order valence-corrected chi connectivity index (χ1v) is 12.0. The van der Waals surface area contributed by atoms with E-state index < -0.39 is 30.7 Å². The Kier molecular flexibility index (Phi) is 6.12. The van der Waals surface area contributed by atoms with Crippen molar-refractivity contribution in [2.45, 2.75) is 24.8 Å². The maximum atomic E-state index is 13.2. The fourth-order valence-electron chi connectivity index (χ4n) is 3.85. The summed E-state index contributed by atoms with van der Waals surface area (Å²) in [6.45, 7) is 0. The van der Waals surface area contributed by atoms with Crippen molar-refractivity contribution in [1.29, 1.82) is 0 Å². The number of thiophene rings is 1. The van der Waals surface area contributed by atoms with E-state index in [1.54, 1.807) is 29.6 Å². The van der Waals surface area contributed by atoms with Gasteiger partial charge in [0.05, 0.1) is 27.5 Å². The minimum atomic E-state index is -2.75. The summed E-state index contributed by atoms with van der Waals surface area (Å²) in [5, 5.41) is 11.5. The highest BCUT2D eigenvalue weighted by molar-refractivity contribution is 7.17. The third-order valence-electron chi connectivity index (χ3n) is 5.68. The fourth-order valence-corrected chi connectivity index (χ4v) is 4.97. The molecule has 6 nitrogen and oxygen atoms in total. The van der Waals surface area contributed by atoms with Crippen molar-refractivity contribution in [3.8, 4) is 0 Å². The molecule has 0 saturated heterocycles. The van der Waals surface area contributed by atoms with E-state index in [-0.39, 0.29) is 23.0 Å². The van der Waals surface area contributed by atoms with Crippen molar-refractivity contribution < 1.29 is 18.4 Å². The van der Waals surface area contributed by atoms with Crippen molar-refractivity contribution in [2.75, 3.05) is 10.6 Å². The van der Waals surface area contributed by atoms with E-state index in [0.29, 0.717) is 16.3 Å². The van der Waals surface area contributed by atoms with Crippen LogP contribution in [0.1, 0.15) is 33.6 Å². The number of carbonyl (C=O) groups is 2. The number of rotatable bonds is 6. The van der Waals surface area contributed by atoms with Crippen LogP contribution in [0.3, 0.4) is 0 Å². The molecule has 5 rings (SSSR count). The van der Waals surface area contributed by atoms with Gasteiger partial charge in [0.2, 0.25) is 0 Å². The van der Waals surface area contributed by atoms with Gasteiger partial charge in [0, 0.05) is 40.5 Å². The predicted octanol–water partition coefficient (Wildman–Crippen LogP) is 6.47. The van der Waals surface area contributed by atoms with Crippen LogP contribution >= 0.6 is 22.9 Å². The van der Waals surface area contributed by atoms with Crippen LogP contribution in [-0.2, 0) is 0 Å². The van der Waals surface area contributed by atoms with Crippen molar-refractivity contribution in [3.63, 3.8) is 0 Å². The number of amides is 2. The predicted molar refractivity (Wildman–Crippen MR) is 134 cm³/mol. The van der Waals surface area contributed by atoms with Crippen LogP contribution in [0.25, 0.3) is 10.1 Å². The van der Waals surface area contributed by atoms with Crippen LogP contribution in [0.15, 0.2) is 66.2 Å². The summed E-state index contributed by atoms with van der Waals surface area (Å²) in [4.78, 5) is 30.2. The zero-order valence-corrected chi connectivity index (χ0v) is 19.7. The summed E-state index contributed by atoms with van der Waals surface area (Å²) >= 11 is 7.71. The van der Waals surface area contributed by atoms with E-state index in [2.05, 4.69) is 20.9 Å². The number of hydrogen-bond donors (Lipinski definition) is 3. The molecule has 0 atom stereocenters. The van der Waals surface area contributed by atoms with E-state index in [1.807, 2.05) is 24.3 Å². The molecule has 2 amide bonds. The van der Waals surface area contributed by atoms with Crippen LogP contribution in [0.5, 0.6) is 0 Å². The van der Waals surface area contributed by atoms with Crippen LogP contribution < -0.4 is 16.0 Å². The summed E-state index contributed by atoms with van der Waals surface area (Å²) < 4.78 is 27.3. The molecule has 35 heavy (non-hydrogen) atoms. The van der Waals surface area contributed by atoms with E-state index >= 15 is 0 Å². The normalized spacial score (nSPS) is 14.8. The van der Waals surface area contributed by atoms with E-state index in [4.69, 9.17) is 11.6 Å². The van der Waals surface area contributed by atoms with Gasteiger partial charge in [-0.15, -0.1) is 11.3 Å². The highest BCUT2D eigenvalue weighted by Gasteiger charge is 2.46. The molecule has 0 radical (unpaired) electrons. The minimum Gasteiger partial charge on any atom is -0.349 e. The molecule has 2 heterocycles. The Balaban J connectivity index is 1.44. The van der Waals surface area contributed by atoms with Gasteiger partial charge in [-0.2, -0.15) is 0 Å². The number of nitrogens with zero attached hydrogens (tertiary/aromatic N) is 1. The maximum Gasteiger partial charge on any atom is 0.257 e. The molecule has 1 fully saturated rings. The molecular weight excluding hydrogens is 494 g/mol. The smallest absolute Gasteiger partial charge is 0.257 e. The SMILES string of the molecule is O=C(NC1CC(F)(F)C1)c1cnc(Nc2ccccc2Cl)c(NC(=O)c2csc3ccccc23)c1. The molecule has 178 valence electrons. The molecule has 0 unspecified atom stereocenters. The van der Waals surface area contributed by atoms with Gasteiger partial charge < -0.3 is 16.0 Å². The van der Waals surface area contributed by atoms with Gasteiger partial charge in [0.15, 0.2) is 5.82 Å². The summed E-state index contributed by atoms with van der Waals surface area (Å²) in [6, 6.07) is 15.4. The summed E-state index contributed by atoms with van der Waals surface area (Å²) in [7, 11) is 0. The van der Waals surface area contributed by atoms with Crippen molar-refractivity contribution in [3.05, 3.63) is 82.3 Å². The Morgan fingerprint density at radius 2 is 1.77 bits per heavy atom. The quantitative estimate of drug-likeness (QED) is 0.276. The first-order valence-electron chi connectivity index (χ1n) is 10.8. The summed E-state index contributed by atoms with van der Waals surface area (Å²) in [5.41, 5.74) is 1.43. The lowest BCUT2D eigenvalue weighted by Crippen LogP contribution is -2.50. The van der Waals surface area contributed by atoms with Gasteiger partial charge in [0.1, 0.15) is 0 Å². The Morgan fingerprint density at radius 3 is 2.54 bits per heavy atom. The fraction of sp³-hybridized carbons (Fsp3) is 0.160. The second-order valence-electron chi connectivity index (χ2n) is 8.26. The number of carbonyl (C=O) groups excluding carboxylic acids is 2. The molecule has 10 heteroatoms. The zero-order chi connectivity index (χ0) is 24.6. The molecule has 1 saturated carbocycles. The lowest BCUT2D eigenvalue weighted by molar-refractivity contribution is -0.0901. The van der Waals surface area contributed by atoms with Gasteiger partial charge in [0.25, 0.3) is 17.7 Å². The number of halogens is 3. The molecule has 0 bridgehead atoms. The topological polar surface area (TPSA) is 83.1 Å². The average molecular weight is 513 g/mol. The van der Waals surface area contributed by atoms with Gasteiger partial charge in [-0.05, 0) is 24.3 Å². The van der Waals surface area contributed by atoms with Crippen molar-refractivity contribution in [2.24, 2.45) is 0 Å². The Labute approximate surface area is 208 Å². The highest BCUT2D eigenvalue weighted by atomic mass is 35.5. The van der Waals surface area contributed by atoms with Crippen molar-refractivity contribution in [1.82, 2.24) is 10.3 Å². The monoisotopic (exact) mass is 512 g/mol. The van der Waals surface area contributed by atoms with E-state index in [0.717, 1.165) is 10.1 Å². The molecule has 0 spiro atoms. The van der Waals surface area contributed by atoms with Crippen molar-refractivity contribution >= 4 is 62.0 Å². The zero-order valence-electron chi connectivity index (χ0n) is 18.1. The Bertz CT molecular complexity index is 1430. The van der Waals surface area contributed by atoms with E-state index in [9.17, 15) is 18.4 Å². The molecular formula is C25H19ClF2N4O2S. The second kappa shape index (κ2) is 9.24. The Morgan fingerprint density at radius 1 is 1.03 bits per heavy atom. The van der Waals surface area contributed by atoms with E-state index in [1.165, 1.54) is 23.6 Å². The summed E-state index contributed by atoms with van der Waals surface area (Å²) in [6.07, 6.45) is 0.529. The molecule has 1 aliphatic carbocycles. The number of alkyl halides is 2. The number of para-hydroxylation sites is 1. The van der Waals surface area contributed by atoms with Gasteiger partial charge in [-0.25, -0.2) is 13.8 Å². The second-order valence-corrected chi connectivity index (χ2v) is 9.58. The summed E-state index contributed by atoms with van der Waals surface area (Å²) in [5.74, 6) is -3.39. The minimum absolute atomic E-state index is 0.135. The highest BCUT2D eigenvalue weighted by Crippen LogP contribution is 2.37. The third-order valence-corrected chi connectivity index (χ3v) is 6.97. The number of anilines is 3. The van der Waals surface area contributed by atoms with Gasteiger partial charge in [-0.3, -0.25) is 9.59 Å². The average Bonchev–Trinajstić information content (AvgIpc) is 3.24.